The van der Waals surface area contributed by atoms with Gasteiger partial charge in [0, 0.05) is 29.4 Å². The summed E-state index contributed by atoms with van der Waals surface area (Å²) in [6.45, 7) is 0. The molecule has 5 heterocycles. The number of Topliss-reactive ketones (excluding diaryl/α,β-unsaturated/α-hetero) is 4. The van der Waals surface area contributed by atoms with Crippen molar-refractivity contribution >= 4 is 46.0 Å². The molecule has 33 heavy (non-hydrogen) atoms. The third-order valence-corrected chi connectivity index (χ3v) is 5.99. The van der Waals surface area contributed by atoms with Crippen LogP contribution in [0, 0.1) is 0 Å². The molecule has 0 aliphatic carbocycles. The first-order chi connectivity index (χ1) is 16.0. The molecule has 0 spiro atoms. The van der Waals surface area contributed by atoms with Gasteiger partial charge in [-0.25, -0.2) is 4.98 Å². The van der Waals surface area contributed by atoms with Crippen LogP contribution in [0.15, 0.2) is 59.2 Å². The van der Waals surface area contributed by atoms with Gasteiger partial charge in [-0.2, -0.15) is 0 Å². The third kappa shape index (κ3) is 3.41. The fraction of sp³-hybridized carbons (Fsp3) is 0.105. The van der Waals surface area contributed by atoms with Crippen LogP contribution in [0.25, 0.3) is 0 Å². The van der Waals surface area contributed by atoms with Crippen molar-refractivity contribution in [2.24, 2.45) is 0 Å². The van der Waals surface area contributed by atoms with Gasteiger partial charge in [-0.1, -0.05) is 4.49 Å². The van der Waals surface area contributed by atoms with Crippen LogP contribution >= 0.6 is 22.9 Å². The summed E-state index contributed by atoms with van der Waals surface area (Å²) in [5, 5.41) is 11.9. The Bertz CT molecular complexity index is 1230. The van der Waals surface area contributed by atoms with Crippen molar-refractivity contribution in [3.8, 4) is 0 Å². The molecule has 0 aromatic carbocycles. The Hall–Kier alpha value is -4.17. The molecule has 2 atom stereocenters. The van der Waals surface area contributed by atoms with Gasteiger partial charge in [0.25, 0.3) is 17.3 Å². The fourth-order valence-electron chi connectivity index (χ4n) is 3.20. The first-order valence-electron chi connectivity index (χ1n) is 9.28. The van der Waals surface area contributed by atoms with Gasteiger partial charge in [0.05, 0.1) is 5.69 Å². The number of aromatic amines is 1. The Morgan fingerprint density at radius 3 is 2.70 bits per heavy atom. The van der Waals surface area contributed by atoms with Gasteiger partial charge in [-0.05, 0) is 23.7 Å². The number of thiazole rings is 1. The fourth-order valence-corrected chi connectivity index (χ4v) is 4.21. The normalized spacial score (nSPS) is 21.2. The van der Waals surface area contributed by atoms with E-state index < -0.39 is 46.5 Å². The summed E-state index contributed by atoms with van der Waals surface area (Å²) in [6, 6.07) is 2.98. The summed E-state index contributed by atoms with van der Waals surface area (Å²) in [5.41, 5.74) is -2.98. The van der Waals surface area contributed by atoms with E-state index in [1.165, 1.54) is 36.3 Å². The molecule has 3 aromatic heterocycles. The van der Waals surface area contributed by atoms with Crippen LogP contribution in [0.1, 0.15) is 30.8 Å². The van der Waals surface area contributed by atoms with Gasteiger partial charge in [-0.3, -0.25) is 19.2 Å². The Balaban J connectivity index is 1.62. The van der Waals surface area contributed by atoms with Crippen molar-refractivity contribution in [3.63, 3.8) is 0 Å². The van der Waals surface area contributed by atoms with Crippen LogP contribution in [0.4, 0.5) is 0 Å². The van der Waals surface area contributed by atoms with Crippen molar-refractivity contribution in [1.29, 1.82) is 0 Å². The van der Waals surface area contributed by atoms with Gasteiger partial charge in [0.15, 0.2) is 5.01 Å². The molecular weight excluding hydrogens is 472 g/mol. The van der Waals surface area contributed by atoms with E-state index in [9.17, 15) is 19.2 Å². The minimum Gasteiger partial charge on any atom is -0.469 e. The highest BCUT2D eigenvalue weighted by molar-refractivity contribution is 7.11. The smallest absolute Gasteiger partial charge is 0.312 e. The lowest BCUT2D eigenvalue weighted by molar-refractivity contribution is -0.143. The minimum atomic E-state index is -2.48. The molecule has 0 bridgehead atoms. The Morgan fingerprint density at radius 2 is 2.06 bits per heavy atom. The van der Waals surface area contributed by atoms with Crippen molar-refractivity contribution in [2.75, 3.05) is 0 Å². The number of carbonyl (C=O) groups excluding carboxylic acids is 4. The molecule has 5 rings (SSSR count). The Labute approximate surface area is 192 Å². The number of allylic oxidation sites excluding steroid dienone is 2. The van der Waals surface area contributed by atoms with Crippen molar-refractivity contribution in [1.82, 2.24) is 30.2 Å². The van der Waals surface area contributed by atoms with Gasteiger partial charge < -0.3 is 25.1 Å². The molecule has 0 fully saturated rings. The highest BCUT2D eigenvalue weighted by atomic mass is 32.1. The monoisotopic (exact) mass is 484 g/mol. The molecule has 3 N–H and O–H groups in total. The lowest BCUT2D eigenvalue weighted by Gasteiger charge is -2.28. The summed E-state index contributed by atoms with van der Waals surface area (Å²) in [6.07, 6.45) is 4.17. The molecule has 2 unspecified atom stereocenters. The first kappa shape index (κ1) is 20.7. The van der Waals surface area contributed by atoms with Gasteiger partial charge in [0.1, 0.15) is 17.7 Å². The van der Waals surface area contributed by atoms with Crippen molar-refractivity contribution < 1.29 is 28.7 Å². The largest absolute Gasteiger partial charge is 0.469 e. The number of H-pyrrole nitrogens is 1. The number of nitrogens with zero attached hydrogens (tertiary/aromatic N) is 3. The van der Waals surface area contributed by atoms with E-state index in [0.29, 0.717) is 0 Å². The van der Waals surface area contributed by atoms with Crippen molar-refractivity contribution in [3.05, 3.63) is 75.6 Å². The zero-order valence-corrected chi connectivity index (χ0v) is 17.9. The molecule has 0 radical (unpaired) electrons. The van der Waals surface area contributed by atoms with Crippen LogP contribution in [-0.2, 0) is 14.3 Å². The predicted octanol–water partition coefficient (Wildman–Crippen LogP) is 0.785. The SMILES string of the molecule is O=C(C1=C(C(=O)c2nccs2)OC(C(=O)c2ccc[nH]2)(C(=O)C2NC=CO2)N1)c1csnn1. The average Bonchev–Trinajstić information content (AvgIpc) is 3.66. The summed E-state index contributed by atoms with van der Waals surface area (Å²) in [5.74, 6) is -3.87. The molecule has 2 aliphatic heterocycles. The van der Waals surface area contributed by atoms with E-state index in [1.54, 1.807) is 11.4 Å². The van der Waals surface area contributed by atoms with Gasteiger partial charge in [-0.15, -0.1) is 16.4 Å². The maximum atomic E-state index is 13.5. The van der Waals surface area contributed by atoms with E-state index in [-0.39, 0.29) is 16.4 Å². The highest BCUT2D eigenvalue weighted by Crippen LogP contribution is 2.33. The summed E-state index contributed by atoms with van der Waals surface area (Å²) in [4.78, 5) is 60.0. The lowest BCUT2D eigenvalue weighted by atomic mass is 9.98. The van der Waals surface area contributed by atoms with E-state index >= 15 is 0 Å². The number of ether oxygens (including phenoxy) is 2. The number of ketones is 4. The second kappa shape index (κ2) is 8.07. The number of carbonyl (C=O) groups is 4. The standard InChI is InChI=1S/C19H12N6O6S2/c26-12(10-8-33-25-24-10)11-14(13(27)18-22-5-7-32-18)31-19(23-11,15(28)9-2-1-3-20-9)16(29)17-21-4-6-30-17/h1-8,17,20-21,23H. The minimum absolute atomic E-state index is 0.000910. The highest BCUT2D eigenvalue weighted by Gasteiger charge is 2.59. The number of rotatable bonds is 8. The summed E-state index contributed by atoms with van der Waals surface area (Å²) in [7, 11) is 0. The van der Waals surface area contributed by atoms with Crippen LogP contribution < -0.4 is 10.6 Å². The summed E-state index contributed by atoms with van der Waals surface area (Å²) >= 11 is 1.93. The Morgan fingerprint density at radius 1 is 1.18 bits per heavy atom. The number of nitrogens with one attached hydrogen (secondary N) is 3. The topological polar surface area (TPSA) is 165 Å². The second-order valence-corrected chi connectivity index (χ2v) is 8.17. The lowest BCUT2D eigenvalue weighted by Crippen LogP contribution is -2.61. The average molecular weight is 484 g/mol. The van der Waals surface area contributed by atoms with Crippen LogP contribution in [0.2, 0.25) is 0 Å². The summed E-state index contributed by atoms with van der Waals surface area (Å²) < 4.78 is 14.6. The second-order valence-electron chi connectivity index (χ2n) is 6.66. The van der Waals surface area contributed by atoms with Gasteiger partial charge >= 0.3 is 5.72 Å². The van der Waals surface area contributed by atoms with E-state index in [2.05, 4.69) is 30.2 Å². The van der Waals surface area contributed by atoms with E-state index in [4.69, 9.17) is 9.47 Å². The number of hydrogen-bond acceptors (Lipinski definition) is 13. The molecule has 2 aliphatic rings. The van der Waals surface area contributed by atoms with Crippen LogP contribution in [0.5, 0.6) is 0 Å². The molecule has 3 aromatic rings. The molecule has 0 saturated carbocycles. The molecule has 14 heteroatoms. The maximum absolute atomic E-state index is 13.5. The van der Waals surface area contributed by atoms with E-state index in [0.717, 1.165) is 22.9 Å². The predicted molar refractivity (Wildman–Crippen MR) is 112 cm³/mol. The Kier molecular flexibility index (Phi) is 5.07. The van der Waals surface area contributed by atoms with E-state index in [1.807, 2.05) is 0 Å². The zero-order valence-electron chi connectivity index (χ0n) is 16.3. The molecule has 166 valence electrons. The molecular formula is C19H12N6O6S2. The number of aromatic nitrogens is 4. The molecule has 0 saturated heterocycles. The quantitative estimate of drug-likeness (QED) is 0.306. The first-order valence-corrected chi connectivity index (χ1v) is 11.0. The van der Waals surface area contributed by atoms with Crippen LogP contribution in [0.3, 0.4) is 0 Å². The number of hydrogen-bond donors (Lipinski definition) is 3. The zero-order chi connectivity index (χ0) is 23.0. The molecule has 0 amide bonds. The third-order valence-electron chi connectivity index (χ3n) is 4.71. The molecule has 12 nitrogen and oxygen atoms in total. The van der Waals surface area contributed by atoms with Crippen LogP contribution in [-0.4, -0.2) is 54.6 Å². The maximum Gasteiger partial charge on any atom is 0.312 e. The van der Waals surface area contributed by atoms with Crippen molar-refractivity contribution in [2.45, 2.75) is 12.0 Å². The van der Waals surface area contributed by atoms with Gasteiger partial charge in [0.2, 0.25) is 17.8 Å².